The molecule has 0 aliphatic heterocycles. The molecule has 0 aliphatic carbocycles. The standard InChI is InChI=1S/C49H95NO5/c1-3-5-7-9-11-13-15-17-18-19-20-21-23-27-31-35-39-43-49(54)55-44-40-36-32-28-24-26-30-34-38-42-48(53)50-46(45-51)47(52)41-37-33-29-25-22-16-14-12-10-8-6-4-2/h26,30,46-47,51-52H,3-25,27-29,31-45H2,1-2H3,(H,50,53)/b30-26-. The lowest BCUT2D eigenvalue weighted by Gasteiger charge is -2.22. The van der Waals surface area contributed by atoms with E-state index in [0.717, 1.165) is 70.6 Å². The second-order valence-electron chi connectivity index (χ2n) is 16.8. The fraction of sp³-hybridized carbons (Fsp3) is 0.918. The molecule has 0 aromatic carbocycles. The van der Waals surface area contributed by atoms with Crippen molar-refractivity contribution in [2.45, 2.75) is 276 Å². The summed E-state index contributed by atoms with van der Waals surface area (Å²) in [4.78, 5) is 24.4. The van der Waals surface area contributed by atoms with Crippen LogP contribution in [0.5, 0.6) is 0 Å². The first-order valence-electron chi connectivity index (χ1n) is 24.4. The molecule has 0 spiro atoms. The molecule has 6 nitrogen and oxygen atoms in total. The summed E-state index contributed by atoms with van der Waals surface area (Å²) in [6, 6.07) is -0.576. The van der Waals surface area contributed by atoms with Crippen LogP contribution in [0.15, 0.2) is 12.2 Å². The molecule has 55 heavy (non-hydrogen) atoms. The number of rotatable bonds is 45. The zero-order valence-corrected chi connectivity index (χ0v) is 36.9. The molecule has 0 saturated heterocycles. The van der Waals surface area contributed by atoms with Gasteiger partial charge < -0.3 is 20.3 Å². The van der Waals surface area contributed by atoms with E-state index in [4.69, 9.17) is 4.74 Å². The quantitative estimate of drug-likeness (QED) is 0.0325. The van der Waals surface area contributed by atoms with Crippen molar-refractivity contribution in [2.75, 3.05) is 13.2 Å². The number of carbonyl (C=O) groups is 2. The Kier molecular flexibility index (Phi) is 44.2. The number of aliphatic hydroxyl groups excluding tert-OH is 2. The van der Waals surface area contributed by atoms with Crippen LogP contribution >= 0.6 is 0 Å². The van der Waals surface area contributed by atoms with Crippen molar-refractivity contribution in [2.24, 2.45) is 0 Å². The van der Waals surface area contributed by atoms with Gasteiger partial charge in [0.05, 0.1) is 25.4 Å². The number of hydrogen-bond donors (Lipinski definition) is 3. The van der Waals surface area contributed by atoms with Crippen LogP contribution in [0.2, 0.25) is 0 Å². The Morgan fingerprint density at radius 1 is 0.491 bits per heavy atom. The summed E-state index contributed by atoms with van der Waals surface area (Å²) in [7, 11) is 0. The number of carbonyl (C=O) groups excluding carboxylic acids is 2. The molecular formula is C49H95NO5. The van der Waals surface area contributed by atoms with Gasteiger partial charge in [-0.15, -0.1) is 0 Å². The molecule has 0 radical (unpaired) electrons. The van der Waals surface area contributed by atoms with E-state index in [1.54, 1.807) is 0 Å². The van der Waals surface area contributed by atoms with Crippen molar-refractivity contribution in [1.29, 1.82) is 0 Å². The Morgan fingerprint density at radius 2 is 0.873 bits per heavy atom. The van der Waals surface area contributed by atoms with Gasteiger partial charge in [-0.1, -0.05) is 219 Å². The van der Waals surface area contributed by atoms with E-state index in [2.05, 4.69) is 31.3 Å². The molecule has 0 fully saturated rings. The molecule has 0 aromatic rings. The highest BCUT2D eigenvalue weighted by Crippen LogP contribution is 2.16. The Labute approximate surface area is 342 Å². The van der Waals surface area contributed by atoms with Crippen LogP contribution in [0.3, 0.4) is 0 Å². The lowest BCUT2D eigenvalue weighted by molar-refractivity contribution is -0.143. The summed E-state index contributed by atoms with van der Waals surface area (Å²) in [5.74, 6) is -0.127. The Hall–Kier alpha value is -1.40. The van der Waals surface area contributed by atoms with Crippen molar-refractivity contribution >= 4 is 11.9 Å². The predicted octanol–water partition coefficient (Wildman–Crippen LogP) is 14.2. The third kappa shape index (κ3) is 42.0. The molecule has 326 valence electrons. The number of unbranched alkanes of at least 4 members (excludes halogenated alkanes) is 32. The SMILES string of the molecule is CCCCCCCCCCCCCCCCCCCC(=O)OCCCCCC/C=C\CCCC(=O)NC(CO)C(O)CCCCCCCCCCCCCC. The zero-order chi connectivity index (χ0) is 40.1. The van der Waals surface area contributed by atoms with Crippen LogP contribution < -0.4 is 5.32 Å². The summed E-state index contributed by atoms with van der Waals surface area (Å²) >= 11 is 0. The Balaban J connectivity index is 3.50. The number of nitrogens with one attached hydrogen (secondary N) is 1. The van der Waals surface area contributed by atoms with Crippen molar-refractivity contribution < 1.29 is 24.5 Å². The topological polar surface area (TPSA) is 95.9 Å². The number of aliphatic hydroxyl groups is 2. The minimum Gasteiger partial charge on any atom is -0.466 e. The normalized spacial score (nSPS) is 12.7. The van der Waals surface area contributed by atoms with E-state index in [0.29, 0.717) is 25.9 Å². The number of hydrogen-bond acceptors (Lipinski definition) is 5. The monoisotopic (exact) mass is 778 g/mol. The summed E-state index contributed by atoms with van der Waals surface area (Å²) in [5.41, 5.74) is 0. The molecule has 1 amide bonds. The number of ether oxygens (including phenoxy) is 1. The van der Waals surface area contributed by atoms with Crippen molar-refractivity contribution in [3.8, 4) is 0 Å². The third-order valence-electron chi connectivity index (χ3n) is 11.3. The summed E-state index contributed by atoms with van der Waals surface area (Å²) in [5, 5.41) is 23.1. The van der Waals surface area contributed by atoms with E-state index in [1.165, 1.54) is 161 Å². The first-order chi connectivity index (χ1) is 27.0. The highest BCUT2D eigenvalue weighted by atomic mass is 16.5. The highest BCUT2D eigenvalue weighted by molar-refractivity contribution is 5.76. The third-order valence-corrected chi connectivity index (χ3v) is 11.3. The molecule has 2 atom stereocenters. The number of allylic oxidation sites excluding steroid dienone is 2. The lowest BCUT2D eigenvalue weighted by Crippen LogP contribution is -2.45. The Morgan fingerprint density at radius 3 is 1.33 bits per heavy atom. The minimum absolute atomic E-state index is 0.0320. The zero-order valence-electron chi connectivity index (χ0n) is 36.9. The van der Waals surface area contributed by atoms with Crippen LogP contribution in [-0.4, -0.2) is 47.4 Å². The maximum atomic E-state index is 12.4. The first-order valence-corrected chi connectivity index (χ1v) is 24.4. The minimum atomic E-state index is -0.692. The molecule has 2 unspecified atom stereocenters. The predicted molar refractivity (Wildman–Crippen MR) is 237 cm³/mol. The maximum absolute atomic E-state index is 12.4. The molecular weight excluding hydrogens is 683 g/mol. The van der Waals surface area contributed by atoms with Crippen molar-refractivity contribution in [1.82, 2.24) is 5.32 Å². The summed E-state index contributed by atoms with van der Waals surface area (Å²) in [6.07, 6.45) is 50.4. The first kappa shape index (κ1) is 53.6. The van der Waals surface area contributed by atoms with Crippen LogP contribution in [-0.2, 0) is 14.3 Å². The fourth-order valence-electron chi connectivity index (χ4n) is 7.52. The van der Waals surface area contributed by atoms with Gasteiger partial charge >= 0.3 is 5.97 Å². The maximum Gasteiger partial charge on any atom is 0.305 e. The van der Waals surface area contributed by atoms with Gasteiger partial charge in [-0.3, -0.25) is 9.59 Å². The number of amides is 1. The average molecular weight is 778 g/mol. The molecule has 0 saturated carbocycles. The molecule has 0 rings (SSSR count). The summed E-state index contributed by atoms with van der Waals surface area (Å²) < 4.78 is 5.44. The van der Waals surface area contributed by atoms with Crippen molar-refractivity contribution in [3.63, 3.8) is 0 Å². The van der Waals surface area contributed by atoms with Gasteiger partial charge in [0.1, 0.15) is 0 Å². The fourth-order valence-corrected chi connectivity index (χ4v) is 7.52. The molecule has 0 aromatic heterocycles. The van der Waals surface area contributed by atoms with Crippen LogP contribution in [0.25, 0.3) is 0 Å². The van der Waals surface area contributed by atoms with Crippen LogP contribution in [0.1, 0.15) is 264 Å². The molecule has 3 N–H and O–H groups in total. The molecule has 6 heteroatoms. The van der Waals surface area contributed by atoms with Gasteiger partial charge in [-0.2, -0.15) is 0 Å². The summed E-state index contributed by atoms with van der Waals surface area (Å²) in [6.45, 7) is 4.86. The van der Waals surface area contributed by atoms with E-state index in [1.807, 2.05) is 0 Å². The van der Waals surface area contributed by atoms with E-state index in [9.17, 15) is 19.8 Å². The van der Waals surface area contributed by atoms with Gasteiger partial charge in [0.25, 0.3) is 0 Å². The van der Waals surface area contributed by atoms with E-state index in [-0.39, 0.29) is 18.5 Å². The van der Waals surface area contributed by atoms with Crippen LogP contribution in [0, 0.1) is 0 Å². The van der Waals surface area contributed by atoms with E-state index >= 15 is 0 Å². The van der Waals surface area contributed by atoms with Gasteiger partial charge in [0.15, 0.2) is 0 Å². The van der Waals surface area contributed by atoms with Crippen molar-refractivity contribution in [3.05, 3.63) is 12.2 Å². The second-order valence-corrected chi connectivity index (χ2v) is 16.8. The second kappa shape index (κ2) is 45.3. The van der Waals surface area contributed by atoms with E-state index < -0.39 is 12.1 Å². The molecule has 0 aliphatic rings. The average Bonchev–Trinajstić information content (AvgIpc) is 3.18. The molecule has 0 bridgehead atoms. The number of esters is 1. The highest BCUT2D eigenvalue weighted by Gasteiger charge is 2.20. The van der Waals surface area contributed by atoms with Gasteiger partial charge in [0.2, 0.25) is 5.91 Å². The van der Waals surface area contributed by atoms with Crippen LogP contribution in [0.4, 0.5) is 0 Å². The van der Waals surface area contributed by atoms with Gasteiger partial charge in [-0.05, 0) is 44.9 Å². The lowest BCUT2D eigenvalue weighted by atomic mass is 10.0. The van der Waals surface area contributed by atoms with Gasteiger partial charge in [0, 0.05) is 12.8 Å². The molecule has 0 heterocycles. The van der Waals surface area contributed by atoms with Gasteiger partial charge in [-0.25, -0.2) is 0 Å². The smallest absolute Gasteiger partial charge is 0.305 e. The largest absolute Gasteiger partial charge is 0.466 e. The Bertz CT molecular complexity index is 817.